The van der Waals surface area contributed by atoms with Crippen LogP contribution in [0.1, 0.15) is 31.1 Å². The Morgan fingerprint density at radius 1 is 1.16 bits per heavy atom. The summed E-state index contributed by atoms with van der Waals surface area (Å²) in [5.41, 5.74) is 1.75. The largest absolute Gasteiger partial charge is 0.391 e. The van der Waals surface area contributed by atoms with Crippen molar-refractivity contribution in [2.75, 3.05) is 32.7 Å². The number of hydrogen-bond donors (Lipinski definition) is 1. The molecule has 1 N–H and O–H groups in total. The second kappa shape index (κ2) is 6.81. The first kappa shape index (κ1) is 18.0. The van der Waals surface area contributed by atoms with Crippen LogP contribution in [0.3, 0.4) is 0 Å². The van der Waals surface area contributed by atoms with Gasteiger partial charge in [-0.15, -0.1) is 0 Å². The minimum Gasteiger partial charge on any atom is -0.391 e. The maximum absolute atomic E-state index is 13.0. The number of carbonyl (C=O) groups excluding carboxylic acids is 1. The van der Waals surface area contributed by atoms with Gasteiger partial charge in [0.2, 0.25) is 0 Å². The van der Waals surface area contributed by atoms with E-state index in [0.717, 1.165) is 29.6 Å². The number of aryl methyl sites for hydroxylation is 1. The van der Waals surface area contributed by atoms with Gasteiger partial charge in [0.15, 0.2) is 0 Å². The van der Waals surface area contributed by atoms with E-state index in [1.165, 1.54) is 0 Å². The molecular formula is C20H29N3O2. The van der Waals surface area contributed by atoms with Crippen LogP contribution < -0.4 is 0 Å². The van der Waals surface area contributed by atoms with Gasteiger partial charge < -0.3 is 14.6 Å². The minimum atomic E-state index is -0.354. The van der Waals surface area contributed by atoms with Gasteiger partial charge >= 0.3 is 0 Å². The first-order valence-corrected chi connectivity index (χ1v) is 9.01. The Morgan fingerprint density at radius 2 is 1.84 bits per heavy atom. The van der Waals surface area contributed by atoms with E-state index in [-0.39, 0.29) is 17.4 Å². The summed E-state index contributed by atoms with van der Waals surface area (Å²) >= 11 is 0. The van der Waals surface area contributed by atoms with Crippen molar-refractivity contribution in [1.82, 2.24) is 14.4 Å². The molecule has 25 heavy (non-hydrogen) atoms. The third-order valence-corrected chi connectivity index (χ3v) is 5.25. The molecule has 1 unspecified atom stereocenters. The third-order valence-electron chi connectivity index (χ3n) is 5.25. The van der Waals surface area contributed by atoms with Crippen molar-refractivity contribution in [1.29, 1.82) is 0 Å². The molecule has 5 heteroatoms. The molecule has 2 heterocycles. The highest BCUT2D eigenvalue weighted by atomic mass is 16.3. The second-order valence-electron chi connectivity index (χ2n) is 8.14. The smallest absolute Gasteiger partial charge is 0.254 e. The number of β-amino-alcohol motifs (C(OH)–C–C–N with tert-alkyl or cyclic N) is 1. The Bertz CT molecular complexity index is 752. The van der Waals surface area contributed by atoms with E-state index in [1.54, 1.807) is 0 Å². The zero-order chi connectivity index (χ0) is 18.2. The fraction of sp³-hybridized carbons (Fsp3) is 0.550. The molecule has 1 aliphatic heterocycles. The Hall–Kier alpha value is -1.85. The first-order valence-electron chi connectivity index (χ1n) is 9.01. The molecule has 1 aromatic carbocycles. The maximum atomic E-state index is 13.0. The number of aliphatic hydroxyl groups excluding tert-OH is 1. The molecule has 0 spiro atoms. The molecule has 1 fully saturated rings. The molecule has 1 aliphatic rings. The Kier molecular flexibility index (Phi) is 4.89. The molecule has 1 aromatic heterocycles. The van der Waals surface area contributed by atoms with Crippen molar-refractivity contribution in [3.8, 4) is 0 Å². The average molecular weight is 343 g/mol. The lowest BCUT2D eigenvalue weighted by Gasteiger charge is -2.38. The molecule has 0 saturated carbocycles. The second-order valence-corrected chi connectivity index (χ2v) is 8.14. The number of piperazine rings is 1. The fourth-order valence-electron chi connectivity index (χ4n) is 3.31. The molecule has 3 rings (SSSR count). The van der Waals surface area contributed by atoms with E-state index in [2.05, 4.69) is 25.7 Å². The molecule has 0 bridgehead atoms. The highest BCUT2D eigenvalue weighted by Crippen LogP contribution is 2.23. The van der Waals surface area contributed by atoms with Crippen LogP contribution in [0.25, 0.3) is 10.9 Å². The summed E-state index contributed by atoms with van der Waals surface area (Å²) in [6, 6.07) is 7.92. The van der Waals surface area contributed by atoms with Gasteiger partial charge in [-0.1, -0.05) is 26.8 Å². The van der Waals surface area contributed by atoms with Crippen LogP contribution in [0.4, 0.5) is 0 Å². The van der Waals surface area contributed by atoms with E-state index < -0.39 is 0 Å². The molecule has 5 nitrogen and oxygen atoms in total. The van der Waals surface area contributed by atoms with Crippen LogP contribution in [-0.2, 0) is 7.05 Å². The van der Waals surface area contributed by atoms with Gasteiger partial charge in [0, 0.05) is 62.4 Å². The molecule has 1 atom stereocenters. The van der Waals surface area contributed by atoms with Crippen LogP contribution >= 0.6 is 0 Å². The molecule has 136 valence electrons. The fourth-order valence-corrected chi connectivity index (χ4v) is 3.31. The molecule has 0 aliphatic carbocycles. The maximum Gasteiger partial charge on any atom is 0.254 e. The van der Waals surface area contributed by atoms with E-state index >= 15 is 0 Å². The summed E-state index contributed by atoms with van der Waals surface area (Å²) in [5, 5.41) is 11.3. The van der Waals surface area contributed by atoms with Gasteiger partial charge in [0.1, 0.15) is 0 Å². The van der Waals surface area contributed by atoms with E-state index in [0.29, 0.717) is 19.6 Å². The molecule has 1 saturated heterocycles. The number of nitrogens with zero attached hydrogens (tertiary/aromatic N) is 3. The number of amides is 1. The lowest BCUT2D eigenvalue weighted by atomic mass is 9.89. The summed E-state index contributed by atoms with van der Waals surface area (Å²) in [7, 11) is 2.00. The molecular weight excluding hydrogens is 314 g/mol. The first-order chi connectivity index (χ1) is 11.8. The number of aromatic nitrogens is 1. The van der Waals surface area contributed by atoms with Crippen molar-refractivity contribution in [2.45, 2.75) is 26.9 Å². The normalized spacial score (nSPS) is 17.9. The highest BCUT2D eigenvalue weighted by molar-refractivity contribution is 6.06. The van der Waals surface area contributed by atoms with Gasteiger partial charge in [0.05, 0.1) is 6.10 Å². The van der Waals surface area contributed by atoms with Crippen molar-refractivity contribution < 1.29 is 9.90 Å². The number of rotatable bonds is 3. The molecule has 2 aromatic rings. The Labute approximate surface area is 149 Å². The summed E-state index contributed by atoms with van der Waals surface area (Å²) < 4.78 is 2.04. The van der Waals surface area contributed by atoms with Crippen molar-refractivity contribution in [2.24, 2.45) is 12.5 Å². The Morgan fingerprint density at radius 3 is 2.48 bits per heavy atom. The van der Waals surface area contributed by atoms with Crippen LogP contribution in [0, 0.1) is 5.41 Å². The minimum absolute atomic E-state index is 0.104. The average Bonchev–Trinajstić information content (AvgIpc) is 2.95. The SMILES string of the molecule is Cn1ccc2c(C(=O)N3CCN(CC(O)C(C)(C)C)CC3)cccc21. The van der Waals surface area contributed by atoms with Gasteiger partial charge in [0.25, 0.3) is 5.91 Å². The monoisotopic (exact) mass is 343 g/mol. The number of hydrogen-bond acceptors (Lipinski definition) is 3. The van der Waals surface area contributed by atoms with Crippen molar-refractivity contribution >= 4 is 16.8 Å². The third kappa shape index (κ3) is 3.72. The van der Waals surface area contributed by atoms with Crippen molar-refractivity contribution in [3.05, 3.63) is 36.0 Å². The van der Waals surface area contributed by atoms with Crippen LogP contribution in [-0.4, -0.2) is 64.2 Å². The van der Waals surface area contributed by atoms with E-state index in [1.807, 2.05) is 47.0 Å². The molecule has 1 amide bonds. The Balaban J connectivity index is 1.65. The summed E-state index contributed by atoms with van der Waals surface area (Å²) in [4.78, 5) is 17.1. The van der Waals surface area contributed by atoms with Crippen LogP contribution in [0.15, 0.2) is 30.5 Å². The zero-order valence-corrected chi connectivity index (χ0v) is 15.7. The number of fused-ring (bicyclic) bond motifs is 1. The lowest BCUT2D eigenvalue weighted by molar-refractivity contribution is 0.0137. The number of benzene rings is 1. The molecule has 0 radical (unpaired) electrons. The van der Waals surface area contributed by atoms with E-state index in [9.17, 15) is 9.90 Å². The van der Waals surface area contributed by atoms with Gasteiger partial charge in [-0.25, -0.2) is 0 Å². The lowest BCUT2D eigenvalue weighted by Crippen LogP contribution is -2.51. The van der Waals surface area contributed by atoms with Crippen molar-refractivity contribution in [3.63, 3.8) is 0 Å². The zero-order valence-electron chi connectivity index (χ0n) is 15.7. The standard InChI is InChI=1S/C20H29N3O2/c1-20(2,3)18(24)14-22-10-12-23(13-11-22)19(25)16-6-5-7-17-15(16)8-9-21(17)4/h5-9,18,24H,10-14H2,1-4H3. The highest BCUT2D eigenvalue weighted by Gasteiger charge is 2.28. The summed E-state index contributed by atoms with van der Waals surface area (Å²) in [6.07, 6.45) is 1.64. The predicted octanol–water partition coefficient (Wildman–Crippen LogP) is 2.34. The van der Waals surface area contributed by atoms with Gasteiger partial charge in [-0.05, 0) is 23.6 Å². The number of aliphatic hydroxyl groups is 1. The van der Waals surface area contributed by atoms with E-state index in [4.69, 9.17) is 0 Å². The van der Waals surface area contributed by atoms with Gasteiger partial charge in [-0.2, -0.15) is 0 Å². The summed E-state index contributed by atoms with van der Waals surface area (Å²) in [6.45, 7) is 9.86. The number of carbonyl (C=O) groups is 1. The predicted molar refractivity (Wildman–Crippen MR) is 101 cm³/mol. The van der Waals surface area contributed by atoms with Crippen LogP contribution in [0.2, 0.25) is 0 Å². The summed E-state index contributed by atoms with van der Waals surface area (Å²) in [5.74, 6) is 0.104. The van der Waals surface area contributed by atoms with Crippen LogP contribution in [0.5, 0.6) is 0 Å². The quantitative estimate of drug-likeness (QED) is 0.931. The van der Waals surface area contributed by atoms with Gasteiger partial charge in [-0.3, -0.25) is 9.69 Å². The topological polar surface area (TPSA) is 48.7 Å².